The zero-order valence-corrected chi connectivity index (χ0v) is 10.8. The van der Waals surface area contributed by atoms with Crippen LogP contribution in [0.5, 0.6) is 0 Å². The number of hydrogen-bond donors (Lipinski definition) is 2. The van der Waals surface area contributed by atoms with E-state index in [1.165, 1.54) is 11.8 Å². The highest BCUT2D eigenvalue weighted by Crippen LogP contribution is 2.23. The first-order valence-corrected chi connectivity index (χ1v) is 5.99. The van der Waals surface area contributed by atoms with Crippen LogP contribution in [0.15, 0.2) is 34.6 Å². The fourth-order valence-corrected chi connectivity index (χ4v) is 1.86. The number of hydrogen-bond acceptors (Lipinski definition) is 8. The lowest BCUT2D eigenvalue weighted by atomic mass is 10.5. The van der Waals surface area contributed by atoms with Gasteiger partial charge in [-0.05, 0) is 23.9 Å². The van der Waals surface area contributed by atoms with Crippen molar-refractivity contribution in [1.82, 2.24) is 19.9 Å². The SMILES string of the molecule is CN(C)c1nc(NN)nc(Sc2ccccn2)n1. The van der Waals surface area contributed by atoms with Crippen LogP contribution in [-0.4, -0.2) is 34.0 Å². The molecule has 0 aliphatic carbocycles. The Bertz CT molecular complexity index is 517. The molecule has 0 spiro atoms. The average Bonchev–Trinajstić information content (AvgIpc) is 2.39. The van der Waals surface area contributed by atoms with Crippen LogP contribution in [0.1, 0.15) is 0 Å². The second kappa shape index (κ2) is 5.61. The molecule has 7 nitrogen and oxygen atoms in total. The van der Waals surface area contributed by atoms with Gasteiger partial charge in [-0.15, -0.1) is 0 Å². The topological polar surface area (TPSA) is 92.9 Å². The zero-order valence-electron chi connectivity index (χ0n) is 10.0. The van der Waals surface area contributed by atoms with E-state index in [-0.39, 0.29) is 0 Å². The maximum atomic E-state index is 5.33. The molecule has 0 unspecified atom stereocenters. The first kappa shape index (κ1) is 12.5. The van der Waals surface area contributed by atoms with Crippen molar-refractivity contribution in [3.63, 3.8) is 0 Å². The third kappa shape index (κ3) is 3.05. The van der Waals surface area contributed by atoms with Gasteiger partial charge in [-0.1, -0.05) is 6.07 Å². The molecule has 0 aromatic carbocycles. The number of aromatic nitrogens is 4. The number of nitrogens with zero attached hydrogens (tertiary/aromatic N) is 5. The maximum Gasteiger partial charge on any atom is 0.242 e. The Kier molecular flexibility index (Phi) is 3.90. The van der Waals surface area contributed by atoms with Gasteiger partial charge in [0.2, 0.25) is 17.1 Å². The molecule has 0 radical (unpaired) electrons. The first-order valence-electron chi connectivity index (χ1n) is 5.18. The van der Waals surface area contributed by atoms with E-state index in [4.69, 9.17) is 5.84 Å². The quantitative estimate of drug-likeness (QED) is 0.617. The summed E-state index contributed by atoms with van der Waals surface area (Å²) in [5.74, 6) is 6.20. The largest absolute Gasteiger partial charge is 0.347 e. The minimum Gasteiger partial charge on any atom is -0.347 e. The van der Waals surface area contributed by atoms with E-state index in [2.05, 4.69) is 25.4 Å². The molecule has 0 aliphatic rings. The molecule has 2 aromatic rings. The van der Waals surface area contributed by atoms with E-state index in [0.717, 1.165) is 5.03 Å². The van der Waals surface area contributed by atoms with E-state index >= 15 is 0 Å². The van der Waals surface area contributed by atoms with Crippen molar-refractivity contribution in [2.75, 3.05) is 24.4 Å². The van der Waals surface area contributed by atoms with Gasteiger partial charge in [0.05, 0.1) is 0 Å². The second-order valence-electron chi connectivity index (χ2n) is 3.55. The summed E-state index contributed by atoms with van der Waals surface area (Å²) in [5.41, 5.74) is 2.43. The number of nitrogens with one attached hydrogen (secondary N) is 1. The van der Waals surface area contributed by atoms with Gasteiger partial charge in [-0.25, -0.2) is 10.8 Å². The fraction of sp³-hybridized carbons (Fsp3) is 0.200. The highest BCUT2D eigenvalue weighted by molar-refractivity contribution is 7.99. The number of pyridine rings is 1. The molecule has 0 atom stereocenters. The van der Waals surface area contributed by atoms with Gasteiger partial charge in [-0.3, -0.25) is 5.43 Å². The van der Waals surface area contributed by atoms with Gasteiger partial charge in [0, 0.05) is 20.3 Å². The molecule has 8 heteroatoms. The first-order chi connectivity index (χ1) is 8.69. The minimum absolute atomic E-state index is 0.326. The number of anilines is 2. The van der Waals surface area contributed by atoms with Crippen LogP contribution in [0, 0.1) is 0 Å². The Morgan fingerprint density at radius 1 is 1.22 bits per heavy atom. The molecular weight excluding hydrogens is 250 g/mol. The van der Waals surface area contributed by atoms with Crippen LogP contribution in [0.4, 0.5) is 11.9 Å². The lowest BCUT2D eigenvalue weighted by Gasteiger charge is -2.11. The summed E-state index contributed by atoms with van der Waals surface area (Å²) in [6, 6.07) is 5.65. The lowest BCUT2D eigenvalue weighted by molar-refractivity contribution is 0.864. The number of nitrogens with two attached hydrogens (primary N) is 1. The molecular formula is C10H13N7S. The summed E-state index contributed by atoms with van der Waals surface area (Å²) in [6.45, 7) is 0. The van der Waals surface area contributed by atoms with E-state index in [0.29, 0.717) is 17.1 Å². The van der Waals surface area contributed by atoms with E-state index in [9.17, 15) is 0 Å². The highest BCUT2D eigenvalue weighted by Gasteiger charge is 2.09. The normalized spacial score (nSPS) is 10.2. The molecule has 2 heterocycles. The smallest absolute Gasteiger partial charge is 0.242 e. The predicted octanol–water partition coefficient (Wildman–Crippen LogP) is 0.769. The molecule has 18 heavy (non-hydrogen) atoms. The van der Waals surface area contributed by atoms with Crippen molar-refractivity contribution >= 4 is 23.7 Å². The molecule has 2 aromatic heterocycles. The van der Waals surface area contributed by atoms with Crippen LogP contribution in [0.2, 0.25) is 0 Å². The summed E-state index contributed by atoms with van der Waals surface area (Å²) < 4.78 is 0. The van der Waals surface area contributed by atoms with E-state index < -0.39 is 0 Å². The summed E-state index contributed by atoms with van der Waals surface area (Å²) in [6.07, 6.45) is 1.72. The Morgan fingerprint density at radius 3 is 2.67 bits per heavy atom. The third-order valence-corrected chi connectivity index (χ3v) is 2.78. The summed E-state index contributed by atoms with van der Waals surface area (Å²) in [4.78, 5) is 18.6. The van der Waals surface area contributed by atoms with Gasteiger partial charge in [0.25, 0.3) is 0 Å². The zero-order chi connectivity index (χ0) is 13.0. The Morgan fingerprint density at radius 2 is 2.06 bits per heavy atom. The molecule has 0 saturated carbocycles. The van der Waals surface area contributed by atoms with E-state index in [1.54, 1.807) is 11.1 Å². The van der Waals surface area contributed by atoms with E-state index in [1.807, 2.05) is 32.3 Å². The second-order valence-corrected chi connectivity index (χ2v) is 4.54. The van der Waals surface area contributed by atoms with Gasteiger partial charge >= 0.3 is 0 Å². The van der Waals surface area contributed by atoms with Crippen LogP contribution in [0.3, 0.4) is 0 Å². The monoisotopic (exact) mass is 263 g/mol. The minimum atomic E-state index is 0.326. The van der Waals surface area contributed by atoms with Crippen molar-refractivity contribution in [3.05, 3.63) is 24.4 Å². The van der Waals surface area contributed by atoms with Gasteiger partial charge in [0.1, 0.15) is 5.03 Å². The predicted molar refractivity (Wildman–Crippen MR) is 70.3 cm³/mol. The Hall–Kier alpha value is -1.93. The molecule has 3 N–H and O–H groups in total. The van der Waals surface area contributed by atoms with Crippen molar-refractivity contribution in [2.45, 2.75) is 10.2 Å². The Labute approximate surface area is 109 Å². The standard InChI is InChI=1S/C10H13N7S/c1-17(2)9-13-8(16-11)14-10(15-9)18-7-5-3-4-6-12-7/h3-6H,11H2,1-2H3,(H,13,14,15,16). The fourth-order valence-electron chi connectivity index (χ4n) is 1.16. The highest BCUT2D eigenvalue weighted by atomic mass is 32.2. The summed E-state index contributed by atoms with van der Waals surface area (Å²) in [5, 5.41) is 1.36. The number of rotatable bonds is 4. The molecule has 2 rings (SSSR count). The molecule has 94 valence electrons. The van der Waals surface area contributed by atoms with Crippen molar-refractivity contribution in [3.8, 4) is 0 Å². The van der Waals surface area contributed by atoms with Gasteiger partial charge in [0.15, 0.2) is 0 Å². The summed E-state index contributed by atoms with van der Waals surface area (Å²) in [7, 11) is 3.70. The molecule has 0 fully saturated rings. The third-order valence-electron chi connectivity index (χ3n) is 1.97. The van der Waals surface area contributed by atoms with Crippen molar-refractivity contribution in [2.24, 2.45) is 5.84 Å². The molecule has 0 bridgehead atoms. The van der Waals surface area contributed by atoms with Gasteiger partial charge < -0.3 is 4.90 Å². The number of hydrazine groups is 1. The molecule has 0 aliphatic heterocycles. The van der Waals surface area contributed by atoms with Crippen LogP contribution >= 0.6 is 11.8 Å². The Balaban J connectivity index is 2.30. The van der Waals surface area contributed by atoms with Crippen molar-refractivity contribution in [1.29, 1.82) is 0 Å². The lowest BCUT2D eigenvalue weighted by Crippen LogP contribution is -2.17. The maximum absolute atomic E-state index is 5.33. The molecule has 0 saturated heterocycles. The van der Waals surface area contributed by atoms with Gasteiger partial charge in [-0.2, -0.15) is 15.0 Å². The number of nitrogen functional groups attached to an aromatic ring is 1. The van der Waals surface area contributed by atoms with Crippen LogP contribution < -0.4 is 16.2 Å². The summed E-state index contributed by atoms with van der Waals surface area (Å²) >= 11 is 1.35. The van der Waals surface area contributed by atoms with Crippen LogP contribution in [0.25, 0.3) is 0 Å². The average molecular weight is 263 g/mol. The van der Waals surface area contributed by atoms with Crippen LogP contribution in [-0.2, 0) is 0 Å². The molecule has 0 amide bonds. The van der Waals surface area contributed by atoms with Crippen molar-refractivity contribution < 1.29 is 0 Å².